The summed E-state index contributed by atoms with van der Waals surface area (Å²) < 4.78 is 0. The topological polar surface area (TPSA) is 78.9 Å². The minimum absolute atomic E-state index is 0.0598. The molecule has 0 saturated carbocycles. The molecule has 1 aromatic rings. The Labute approximate surface area is 120 Å². The minimum atomic E-state index is 0.0598. The van der Waals surface area contributed by atoms with Crippen LogP contribution in [0.25, 0.3) is 0 Å². The number of hydrogen-bond donors (Lipinski definition) is 3. The fourth-order valence-electron chi connectivity index (χ4n) is 1.68. The molecule has 6 nitrogen and oxygen atoms in total. The van der Waals surface area contributed by atoms with Crippen LogP contribution in [0.4, 0.5) is 11.6 Å². The standard InChI is InChI=1S/C14H25N5O/c1-5-10(3)17-14(20)7-8-16-13-9-12(15-6-2)18-11(4)19-13/h9-10H,5-8H2,1-4H3,(H,17,20)(H2,15,16,18,19). The molecule has 0 aromatic carbocycles. The molecule has 0 fully saturated rings. The van der Waals surface area contributed by atoms with Gasteiger partial charge in [-0.15, -0.1) is 0 Å². The maximum atomic E-state index is 11.6. The molecule has 0 aliphatic heterocycles. The predicted octanol–water partition coefficient (Wildman–Crippen LogP) is 1.93. The summed E-state index contributed by atoms with van der Waals surface area (Å²) in [6.07, 6.45) is 1.38. The van der Waals surface area contributed by atoms with Crippen LogP contribution in [0.5, 0.6) is 0 Å². The third kappa shape index (κ3) is 5.86. The van der Waals surface area contributed by atoms with E-state index in [4.69, 9.17) is 0 Å². The van der Waals surface area contributed by atoms with E-state index in [1.807, 2.05) is 26.8 Å². The molecule has 1 rings (SSSR count). The van der Waals surface area contributed by atoms with Gasteiger partial charge in [-0.05, 0) is 27.2 Å². The average Bonchev–Trinajstić information content (AvgIpc) is 2.38. The number of hydrogen-bond acceptors (Lipinski definition) is 5. The number of carbonyl (C=O) groups is 1. The molecule has 1 heterocycles. The van der Waals surface area contributed by atoms with E-state index < -0.39 is 0 Å². The Morgan fingerprint density at radius 1 is 1.25 bits per heavy atom. The molecular formula is C14H25N5O. The second kappa shape index (κ2) is 8.35. The van der Waals surface area contributed by atoms with Crippen LogP contribution in [0.1, 0.15) is 39.4 Å². The van der Waals surface area contributed by atoms with Crippen molar-refractivity contribution in [3.63, 3.8) is 0 Å². The number of nitrogens with one attached hydrogen (secondary N) is 3. The predicted molar refractivity (Wildman–Crippen MR) is 81.9 cm³/mol. The van der Waals surface area contributed by atoms with Gasteiger partial charge in [0.2, 0.25) is 5.91 Å². The maximum Gasteiger partial charge on any atom is 0.221 e. The van der Waals surface area contributed by atoms with E-state index in [2.05, 4.69) is 32.8 Å². The van der Waals surface area contributed by atoms with E-state index in [0.717, 1.165) is 24.6 Å². The number of anilines is 2. The first-order valence-corrected chi connectivity index (χ1v) is 7.18. The Morgan fingerprint density at radius 3 is 2.50 bits per heavy atom. The van der Waals surface area contributed by atoms with Crippen molar-refractivity contribution in [2.45, 2.75) is 46.6 Å². The van der Waals surface area contributed by atoms with E-state index in [0.29, 0.717) is 18.8 Å². The first-order valence-electron chi connectivity index (χ1n) is 7.18. The molecule has 1 amide bonds. The second-order valence-corrected chi connectivity index (χ2v) is 4.77. The number of aromatic nitrogens is 2. The fourth-order valence-corrected chi connectivity index (χ4v) is 1.68. The molecule has 1 atom stereocenters. The zero-order chi connectivity index (χ0) is 15.0. The van der Waals surface area contributed by atoms with E-state index in [1.54, 1.807) is 0 Å². The fraction of sp³-hybridized carbons (Fsp3) is 0.643. The molecular weight excluding hydrogens is 254 g/mol. The van der Waals surface area contributed by atoms with Crippen LogP contribution in [-0.4, -0.2) is 35.0 Å². The van der Waals surface area contributed by atoms with Gasteiger partial charge in [0.15, 0.2) is 0 Å². The normalized spacial score (nSPS) is 11.8. The second-order valence-electron chi connectivity index (χ2n) is 4.77. The molecule has 112 valence electrons. The lowest BCUT2D eigenvalue weighted by molar-refractivity contribution is -0.121. The Hall–Kier alpha value is -1.85. The zero-order valence-corrected chi connectivity index (χ0v) is 12.8. The number of carbonyl (C=O) groups excluding carboxylic acids is 1. The summed E-state index contributed by atoms with van der Waals surface area (Å²) in [5.41, 5.74) is 0. The van der Waals surface area contributed by atoms with Crippen molar-refractivity contribution >= 4 is 17.5 Å². The lowest BCUT2D eigenvalue weighted by Crippen LogP contribution is -2.33. The SMILES string of the molecule is CCNc1cc(NCCC(=O)NC(C)CC)nc(C)n1. The summed E-state index contributed by atoms with van der Waals surface area (Å²) in [5.74, 6) is 2.30. The highest BCUT2D eigenvalue weighted by Crippen LogP contribution is 2.10. The first-order chi connectivity index (χ1) is 9.55. The quantitative estimate of drug-likeness (QED) is 0.677. The molecule has 20 heavy (non-hydrogen) atoms. The summed E-state index contributed by atoms with van der Waals surface area (Å²) in [6, 6.07) is 2.08. The monoisotopic (exact) mass is 279 g/mol. The number of amides is 1. The molecule has 3 N–H and O–H groups in total. The molecule has 0 spiro atoms. The summed E-state index contributed by atoms with van der Waals surface area (Å²) >= 11 is 0. The molecule has 0 aliphatic carbocycles. The van der Waals surface area contributed by atoms with Crippen molar-refractivity contribution in [2.75, 3.05) is 23.7 Å². The molecule has 1 aromatic heterocycles. The lowest BCUT2D eigenvalue weighted by Gasteiger charge is -2.12. The largest absolute Gasteiger partial charge is 0.370 e. The highest BCUT2D eigenvalue weighted by molar-refractivity contribution is 5.76. The highest BCUT2D eigenvalue weighted by atomic mass is 16.1. The van der Waals surface area contributed by atoms with Gasteiger partial charge in [0, 0.05) is 31.6 Å². The van der Waals surface area contributed by atoms with Crippen LogP contribution in [0.15, 0.2) is 6.07 Å². The number of aryl methyl sites for hydroxylation is 1. The van der Waals surface area contributed by atoms with Gasteiger partial charge in [0.05, 0.1) is 0 Å². The van der Waals surface area contributed by atoms with Crippen molar-refractivity contribution in [2.24, 2.45) is 0 Å². The summed E-state index contributed by atoms with van der Waals surface area (Å²) in [5, 5.41) is 9.24. The van der Waals surface area contributed by atoms with E-state index in [-0.39, 0.29) is 11.9 Å². The maximum absolute atomic E-state index is 11.6. The third-order valence-electron chi connectivity index (χ3n) is 2.87. The Balaban J connectivity index is 2.43. The van der Waals surface area contributed by atoms with E-state index in [9.17, 15) is 4.79 Å². The van der Waals surface area contributed by atoms with Gasteiger partial charge < -0.3 is 16.0 Å². The summed E-state index contributed by atoms with van der Waals surface area (Å²) in [4.78, 5) is 20.2. The molecule has 0 radical (unpaired) electrons. The van der Waals surface area contributed by atoms with Gasteiger partial charge in [0.25, 0.3) is 0 Å². The lowest BCUT2D eigenvalue weighted by atomic mass is 10.2. The highest BCUT2D eigenvalue weighted by Gasteiger charge is 2.06. The average molecular weight is 279 g/mol. The van der Waals surface area contributed by atoms with Gasteiger partial charge >= 0.3 is 0 Å². The van der Waals surface area contributed by atoms with Crippen molar-refractivity contribution in [3.8, 4) is 0 Å². The van der Waals surface area contributed by atoms with Gasteiger partial charge in [-0.2, -0.15) is 0 Å². The van der Waals surface area contributed by atoms with Gasteiger partial charge in [-0.1, -0.05) is 6.92 Å². The molecule has 0 bridgehead atoms. The minimum Gasteiger partial charge on any atom is -0.370 e. The molecule has 1 unspecified atom stereocenters. The summed E-state index contributed by atoms with van der Waals surface area (Å²) in [7, 11) is 0. The Morgan fingerprint density at radius 2 is 1.90 bits per heavy atom. The van der Waals surface area contributed by atoms with Gasteiger partial charge in [0.1, 0.15) is 17.5 Å². The van der Waals surface area contributed by atoms with Crippen molar-refractivity contribution in [3.05, 3.63) is 11.9 Å². The van der Waals surface area contributed by atoms with Crippen LogP contribution in [0, 0.1) is 6.92 Å². The Kier molecular flexibility index (Phi) is 6.76. The van der Waals surface area contributed by atoms with Crippen molar-refractivity contribution in [1.82, 2.24) is 15.3 Å². The molecule has 6 heteroatoms. The summed E-state index contributed by atoms with van der Waals surface area (Å²) in [6.45, 7) is 9.29. The van der Waals surface area contributed by atoms with E-state index in [1.165, 1.54) is 0 Å². The zero-order valence-electron chi connectivity index (χ0n) is 12.8. The van der Waals surface area contributed by atoms with Gasteiger partial charge in [-0.3, -0.25) is 4.79 Å². The first kappa shape index (κ1) is 16.2. The van der Waals surface area contributed by atoms with Crippen LogP contribution < -0.4 is 16.0 Å². The van der Waals surface area contributed by atoms with Crippen LogP contribution in [0.3, 0.4) is 0 Å². The van der Waals surface area contributed by atoms with E-state index >= 15 is 0 Å². The molecule has 0 saturated heterocycles. The number of nitrogens with zero attached hydrogens (tertiary/aromatic N) is 2. The number of rotatable bonds is 8. The molecule has 0 aliphatic rings. The Bertz CT molecular complexity index is 436. The smallest absolute Gasteiger partial charge is 0.221 e. The van der Waals surface area contributed by atoms with Crippen LogP contribution in [0.2, 0.25) is 0 Å². The van der Waals surface area contributed by atoms with Crippen LogP contribution in [-0.2, 0) is 4.79 Å². The van der Waals surface area contributed by atoms with Crippen molar-refractivity contribution < 1.29 is 4.79 Å². The van der Waals surface area contributed by atoms with Crippen LogP contribution >= 0.6 is 0 Å². The third-order valence-corrected chi connectivity index (χ3v) is 2.87. The van der Waals surface area contributed by atoms with Gasteiger partial charge in [-0.25, -0.2) is 9.97 Å². The van der Waals surface area contributed by atoms with Crippen molar-refractivity contribution in [1.29, 1.82) is 0 Å².